The second-order valence-electron chi connectivity index (χ2n) is 9.80. The van der Waals surface area contributed by atoms with Gasteiger partial charge in [-0.2, -0.15) is 0 Å². The van der Waals surface area contributed by atoms with Gasteiger partial charge in [0.2, 0.25) is 0 Å². The van der Waals surface area contributed by atoms with Gasteiger partial charge in [-0.1, -0.05) is 84.9 Å². The van der Waals surface area contributed by atoms with E-state index in [9.17, 15) is 0 Å². The van der Waals surface area contributed by atoms with Gasteiger partial charge in [0.25, 0.3) is 0 Å². The van der Waals surface area contributed by atoms with Crippen molar-refractivity contribution in [2.45, 2.75) is 79.6 Å². The van der Waals surface area contributed by atoms with Gasteiger partial charge in [-0.25, -0.2) is 0 Å². The number of fused-ring (bicyclic) bond motifs is 1. The van der Waals surface area contributed by atoms with Crippen LogP contribution in [0.15, 0.2) is 60.5 Å². The maximum absolute atomic E-state index is 4.49. The van der Waals surface area contributed by atoms with Gasteiger partial charge in [0.1, 0.15) is 0 Å². The number of para-hydroxylation sites is 1. The topological polar surface area (TPSA) is 6.48 Å². The molecule has 2 aromatic rings. The molecule has 0 fully saturated rings. The molecule has 2 aliphatic heterocycles. The molecule has 0 saturated heterocycles. The molecule has 0 N–H and O–H groups in total. The summed E-state index contributed by atoms with van der Waals surface area (Å²) in [6.07, 6.45) is 12.2. The number of hydrogen-bond acceptors (Lipinski definition) is 2. The van der Waals surface area contributed by atoms with E-state index in [4.69, 9.17) is 0 Å². The van der Waals surface area contributed by atoms with Crippen molar-refractivity contribution in [1.29, 1.82) is 0 Å². The summed E-state index contributed by atoms with van der Waals surface area (Å²) in [6, 6.07) is 11.6. The molecule has 190 valence electrons. The van der Waals surface area contributed by atoms with E-state index in [2.05, 4.69) is 147 Å². The summed E-state index contributed by atoms with van der Waals surface area (Å²) < 4.78 is 0. The van der Waals surface area contributed by atoms with Crippen molar-refractivity contribution < 1.29 is 18.2 Å². The van der Waals surface area contributed by atoms with Gasteiger partial charge in [-0.05, 0) is 77.3 Å². The van der Waals surface area contributed by atoms with E-state index in [0.717, 1.165) is 19.3 Å². The van der Waals surface area contributed by atoms with Gasteiger partial charge < -0.3 is 9.80 Å². The zero-order chi connectivity index (χ0) is 25.7. The van der Waals surface area contributed by atoms with Crippen molar-refractivity contribution in [2.24, 2.45) is 0 Å². The molecule has 2 aliphatic rings. The standard InChI is InChI=1S/C31H39N2.ClH.Pd/c1-8-23-17-24(9-2)30(25(10-3)18-23)29-16-11-13-26-19-32(20-33(26)29)31-27(21(4)5)14-12-15-28(31)22(6)7;;/h11-22H,8-10H2,1-7H3;1H;/q-1;;+2/p-1. The summed E-state index contributed by atoms with van der Waals surface area (Å²) in [5, 5.41) is 0. The number of allylic oxidation sites excluding steroid dienone is 3. The molecule has 2 nitrogen and oxygen atoms in total. The van der Waals surface area contributed by atoms with Crippen LogP contribution in [0.3, 0.4) is 0 Å². The van der Waals surface area contributed by atoms with E-state index in [1.54, 1.807) is 0 Å². The summed E-state index contributed by atoms with van der Waals surface area (Å²) in [5.41, 5.74) is 12.4. The molecule has 4 heteroatoms. The van der Waals surface area contributed by atoms with Crippen LogP contribution in [0.25, 0.3) is 5.70 Å². The molecule has 0 spiro atoms. The number of nitrogens with zero attached hydrogens (tertiary/aromatic N) is 2. The second-order valence-corrected chi connectivity index (χ2v) is 9.80. The van der Waals surface area contributed by atoms with Crippen LogP contribution in [0, 0.1) is 6.67 Å². The van der Waals surface area contributed by atoms with E-state index < -0.39 is 0 Å². The Morgan fingerprint density at radius 2 is 1.46 bits per heavy atom. The van der Waals surface area contributed by atoms with Crippen LogP contribution in [-0.2, 0) is 37.4 Å². The van der Waals surface area contributed by atoms with Crippen molar-refractivity contribution in [3.63, 3.8) is 0 Å². The molecule has 0 bridgehead atoms. The van der Waals surface area contributed by atoms with E-state index in [1.165, 1.54) is 50.5 Å². The summed E-state index contributed by atoms with van der Waals surface area (Å²) in [4.78, 5) is 4.75. The second kappa shape index (κ2) is 12.4. The molecule has 0 saturated carbocycles. The fourth-order valence-electron chi connectivity index (χ4n) is 5.14. The zero-order valence-electron chi connectivity index (χ0n) is 22.1. The predicted molar refractivity (Wildman–Crippen MR) is 149 cm³/mol. The molecule has 0 radical (unpaired) electrons. The monoisotopic (exact) mass is 580 g/mol. The zero-order valence-corrected chi connectivity index (χ0v) is 24.4. The van der Waals surface area contributed by atoms with Gasteiger partial charge >= 0.3 is 27.7 Å². The molecular formula is C31H39ClN2Pd. The molecule has 0 atom stereocenters. The number of halogens is 1. The first-order valence-corrected chi connectivity index (χ1v) is 14.8. The van der Waals surface area contributed by atoms with Crippen LogP contribution < -0.4 is 4.90 Å². The van der Waals surface area contributed by atoms with Crippen molar-refractivity contribution >= 4 is 20.9 Å². The summed E-state index contributed by atoms with van der Waals surface area (Å²) in [5.74, 6) is 0.933. The molecule has 2 heterocycles. The number of hydrogen-bond donors (Lipinski definition) is 0. The number of aryl methyl sites for hydroxylation is 3. The Hall–Kier alpha value is -1.79. The van der Waals surface area contributed by atoms with E-state index in [0.29, 0.717) is 11.8 Å². The summed E-state index contributed by atoms with van der Waals surface area (Å²) in [7, 11) is 4.49. The van der Waals surface area contributed by atoms with Crippen LogP contribution in [-0.4, -0.2) is 4.90 Å². The summed E-state index contributed by atoms with van der Waals surface area (Å²) in [6.45, 7) is 18.3. The third kappa shape index (κ3) is 5.64. The molecule has 0 amide bonds. The minimum absolute atomic E-state index is 0.466. The Labute approximate surface area is 228 Å². The Kier molecular flexibility index (Phi) is 9.88. The van der Waals surface area contributed by atoms with Crippen LogP contribution in [0.5, 0.6) is 0 Å². The van der Waals surface area contributed by atoms with Gasteiger partial charge in [0.15, 0.2) is 0 Å². The Morgan fingerprint density at radius 3 is 1.94 bits per heavy atom. The first-order chi connectivity index (χ1) is 16.9. The molecule has 0 aliphatic carbocycles. The van der Waals surface area contributed by atoms with E-state index >= 15 is 0 Å². The number of anilines is 1. The first-order valence-electron chi connectivity index (χ1n) is 12.8. The van der Waals surface area contributed by atoms with Gasteiger partial charge in [0, 0.05) is 22.6 Å². The number of rotatable bonds is 7. The predicted octanol–water partition coefficient (Wildman–Crippen LogP) is 9.00. The van der Waals surface area contributed by atoms with Crippen molar-refractivity contribution in [3.8, 4) is 0 Å². The molecule has 0 unspecified atom stereocenters. The minimum atomic E-state index is 0.466. The first kappa shape index (κ1) is 27.8. The van der Waals surface area contributed by atoms with Gasteiger partial charge in [-0.3, -0.25) is 0 Å². The molecule has 4 rings (SSSR count). The molecule has 2 aromatic carbocycles. The summed E-state index contributed by atoms with van der Waals surface area (Å²) >= 11 is 2.22. The Morgan fingerprint density at radius 1 is 0.886 bits per heavy atom. The Balaban J connectivity index is 0.00000167. The average Bonchev–Trinajstić information content (AvgIpc) is 3.32. The van der Waals surface area contributed by atoms with Gasteiger partial charge in [-0.15, -0.1) is 6.67 Å². The van der Waals surface area contributed by atoms with Crippen LogP contribution >= 0.6 is 9.53 Å². The van der Waals surface area contributed by atoms with Crippen LogP contribution in [0.2, 0.25) is 0 Å². The third-order valence-corrected chi connectivity index (χ3v) is 6.96. The Bertz CT molecular complexity index is 1080. The van der Waals surface area contributed by atoms with Crippen molar-refractivity contribution in [2.75, 3.05) is 4.90 Å². The molecule has 0 aromatic heterocycles. The number of benzene rings is 2. The van der Waals surface area contributed by atoms with Gasteiger partial charge in [0.05, 0.1) is 0 Å². The van der Waals surface area contributed by atoms with E-state index in [-0.39, 0.29) is 0 Å². The van der Waals surface area contributed by atoms with Crippen molar-refractivity contribution in [1.82, 2.24) is 4.90 Å². The van der Waals surface area contributed by atoms with Crippen molar-refractivity contribution in [3.05, 3.63) is 101 Å². The van der Waals surface area contributed by atoms with Crippen LogP contribution in [0.1, 0.15) is 93.7 Å². The van der Waals surface area contributed by atoms with E-state index in [1.807, 2.05) is 0 Å². The van der Waals surface area contributed by atoms with Crippen LogP contribution in [0.4, 0.5) is 5.69 Å². The quantitative estimate of drug-likeness (QED) is 0.238. The third-order valence-electron chi connectivity index (χ3n) is 6.96. The molecular weight excluding hydrogens is 542 g/mol. The fourth-order valence-corrected chi connectivity index (χ4v) is 5.14. The fraction of sp³-hybridized carbons (Fsp3) is 0.387. The normalized spacial score (nSPS) is 14.7. The average molecular weight is 582 g/mol. The SMILES string of the molecule is CCc1cc(CC)c(C2=CC=CC3=CN(c4c(C(C)C)cccc4C(C)C)[CH-]N32)c(CC)c1.[Cl][Pd+]. The molecule has 35 heavy (non-hydrogen) atoms. The maximum atomic E-state index is 4.49.